The van der Waals surface area contributed by atoms with Crippen molar-refractivity contribution in [1.82, 2.24) is 4.98 Å². The van der Waals surface area contributed by atoms with Gasteiger partial charge in [0.15, 0.2) is 5.78 Å². The molecular formula is C17H17F3N2O2. The van der Waals surface area contributed by atoms with Gasteiger partial charge < -0.3 is 10.3 Å². The zero-order valence-corrected chi connectivity index (χ0v) is 13.7. The van der Waals surface area contributed by atoms with Crippen molar-refractivity contribution < 1.29 is 22.8 Å². The van der Waals surface area contributed by atoms with Gasteiger partial charge in [0.2, 0.25) is 0 Å². The normalized spacial score (nSPS) is 11.5. The zero-order chi connectivity index (χ0) is 18.2. The minimum atomic E-state index is -4.49. The minimum absolute atomic E-state index is 0.0361. The molecule has 2 N–H and O–H groups in total. The molecule has 1 aromatic carbocycles. The number of H-pyrrole nitrogens is 1. The van der Waals surface area contributed by atoms with Gasteiger partial charge in [0, 0.05) is 16.9 Å². The molecule has 0 radical (unpaired) electrons. The fourth-order valence-corrected chi connectivity index (χ4v) is 2.70. The van der Waals surface area contributed by atoms with Crippen molar-refractivity contribution in [3.05, 3.63) is 51.8 Å². The smallest absolute Gasteiger partial charge is 0.354 e. The number of carbonyl (C=O) groups is 2. The third kappa shape index (κ3) is 3.34. The highest BCUT2D eigenvalue weighted by molar-refractivity contribution is 6.07. The van der Waals surface area contributed by atoms with Crippen molar-refractivity contribution in [1.29, 1.82) is 0 Å². The molecule has 2 aromatic rings. The van der Waals surface area contributed by atoms with Crippen LogP contribution in [0.2, 0.25) is 0 Å². The molecule has 0 unspecified atom stereocenters. The van der Waals surface area contributed by atoms with Gasteiger partial charge in [-0.05, 0) is 51.0 Å². The lowest BCUT2D eigenvalue weighted by molar-refractivity contribution is -0.138. The molecule has 0 atom stereocenters. The molecule has 4 nitrogen and oxygen atoms in total. The largest absolute Gasteiger partial charge is 0.416 e. The van der Waals surface area contributed by atoms with Crippen LogP contribution in [0.4, 0.5) is 18.9 Å². The number of hydrogen-bond acceptors (Lipinski definition) is 2. The van der Waals surface area contributed by atoms with E-state index in [1.165, 1.54) is 26.0 Å². The van der Waals surface area contributed by atoms with Gasteiger partial charge in [-0.2, -0.15) is 13.2 Å². The standard InChI is InChI=1S/C17H17F3N2O2/c1-8-5-6-12(7-13(8)17(18,19)20)22-16(24)15-9(2)14(11(4)23)10(3)21-15/h5-7,21H,1-4H3,(H,22,24). The number of benzene rings is 1. The lowest BCUT2D eigenvalue weighted by Gasteiger charge is -2.12. The molecule has 0 aliphatic carbocycles. The second-order valence-electron chi connectivity index (χ2n) is 5.66. The summed E-state index contributed by atoms with van der Waals surface area (Å²) < 4.78 is 38.8. The third-order valence-electron chi connectivity index (χ3n) is 3.82. The van der Waals surface area contributed by atoms with Gasteiger partial charge in [0.25, 0.3) is 5.91 Å². The number of halogens is 3. The van der Waals surface area contributed by atoms with Crippen molar-refractivity contribution in [2.24, 2.45) is 0 Å². The first-order valence-electron chi connectivity index (χ1n) is 7.21. The van der Waals surface area contributed by atoms with Gasteiger partial charge in [-0.15, -0.1) is 0 Å². The molecule has 1 amide bonds. The Morgan fingerprint density at radius 2 is 1.75 bits per heavy atom. The first kappa shape index (κ1) is 17.8. The Labute approximate surface area is 137 Å². The van der Waals surface area contributed by atoms with Crippen molar-refractivity contribution in [3.8, 4) is 0 Å². The van der Waals surface area contributed by atoms with E-state index in [-0.39, 0.29) is 22.7 Å². The molecule has 0 saturated heterocycles. The second kappa shape index (κ2) is 6.14. The van der Waals surface area contributed by atoms with Crippen LogP contribution in [0.15, 0.2) is 18.2 Å². The number of ketones is 1. The number of Topliss-reactive ketones (excluding diaryl/α,β-unsaturated/α-hetero) is 1. The highest BCUT2D eigenvalue weighted by atomic mass is 19.4. The monoisotopic (exact) mass is 338 g/mol. The average Bonchev–Trinajstić information content (AvgIpc) is 2.75. The Hall–Kier alpha value is -2.57. The summed E-state index contributed by atoms with van der Waals surface area (Å²) in [5.74, 6) is -0.782. The predicted molar refractivity (Wildman–Crippen MR) is 84.4 cm³/mol. The van der Waals surface area contributed by atoms with E-state index in [2.05, 4.69) is 10.3 Å². The molecule has 7 heteroatoms. The van der Waals surface area contributed by atoms with Crippen molar-refractivity contribution in [3.63, 3.8) is 0 Å². The van der Waals surface area contributed by atoms with E-state index in [4.69, 9.17) is 0 Å². The molecule has 0 bridgehead atoms. The number of carbonyl (C=O) groups excluding carboxylic acids is 2. The summed E-state index contributed by atoms with van der Waals surface area (Å²) in [6.07, 6.45) is -4.49. The SMILES string of the molecule is CC(=O)c1c(C)[nH]c(C(=O)Nc2ccc(C)c(C(F)(F)F)c2)c1C. The van der Waals surface area contributed by atoms with E-state index in [0.29, 0.717) is 16.8 Å². The number of alkyl halides is 3. The molecule has 24 heavy (non-hydrogen) atoms. The Bertz CT molecular complexity index is 820. The van der Waals surface area contributed by atoms with Gasteiger partial charge in [-0.3, -0.25) is 9.59 Å². The van der Waals surface area contributed by atoms with Crippen molar-refractivity contribution in [2.45, 2.75) is 33.9 Å². The summed E-state index contributed by atoms with van der Waals surface area (Å²) in [5, 5.41) is 2.44. The van der Waals surface area contributed by atoms with E-state index in [0.717, 1.165) is 6.07 Å². The molecule has 0 saturated carbocycles. The summed E-state index contributed by atoms with van der Waals surface area (Å²) in [6, 6.07) is 3.59. The number of aromatic nitrogens is 1. The lowest BCUT2D eigenvalue weighted by Crippen LogP contribution is -2.15. The van der Waals surface area contributed by atoms with Gasteiger partial charge in [-0.25, -0.2) is 0 Å². The maximum atomic E-state index is 12.9. The second-order valence-corrected chi connectivity index (χ2v) is 5.66. The highest BCUT2D eigenvalue weighted by Gasteiger charge is 2.32. The van der Waals surface area contributed by atoms with Crippen LogP contribution in [0, 0.1) is 20.8 Å². The van der Waals surface area contributed by atoms with E-state index in [9.17, 15) is 22.8 Å². The minimum Gasteiger partial charge on any atom is -0.354 e. The molecule has 128 valence electrons. The highest BCUT2D eigenvalue weighted by Crippen LogP contribution is 2.33. The van der Waals surface area contributed by atoms with Gasteiger partial charge in [-0.1, -0.05) is 6.07 Å². The van der Waals surface area contributed by atoms with Crippen molar-refractivity contribution >= 4 is 17.4 Å². The zero-order valence-electron chi connectivity index (χ0n) is 13.7. The summed E-state index contributed by atoms with van der Waals surface area (Å²) in [6.45, 7) is 6.02. The predicted octanol–water partition coefficient (Wildman–Crippen LogP) is 4.41. The molecule has 1 aromatic heterocycles. The number of hydrogen-bond donors (Lipinski definition) is 2. The fourth-order valence-electron chi connectivity index (χ4n) is 2.70. The van der Waals surface area contributed by atoms with Crippen LogP contribution < -0.4 is 5.32 Å². The number of aryl methyl sites for hydroxylation is 2. The Kier molecular flexibility index (Phi) is 4.55. The maximum absolute atomic E-state index is 12.9. The van der Waals surface area contributed by atoms with Crippen LogP contribution in [0.25, 0.3) is 0 Å². The molecule has 1 heterocycles. The molecule has 0 aliphatic heterocycles. The van der Waals surface area contributed by atoms with Gasteiger partial charge in [0.05, 0.1) is 5.56 Å². The van der Waals surface area contributed by atoms with Crippen LogP contribution >= 0.6 is 0 Å². The van der Waals surface area contributed by atoms with Crippen LogP contribution in [-0.4, -0.2) is 16.7 Å². The molecule has 0 aliphatic rings. The van der Waals surface area contributed by atoms with E-state index >= 15 is 0 Å². The first-order valence-corrected chi connectivity index (χ1v) is 7.21. The van der Waals surface area contributed by atoms with E-state index in [1.54, 1.807) is 13.8 Å². The van der Waals surface area contributed by atoms with Gasteiger partial charge >= 0.3 is 6.18 Å². The average molecular weight is 338 g/mol. The molecule has 0 fully saturated rings. The summed E-state index contributed by atoms with van der Waals surface area (Å²) >= 11 is 0. The van der Waals surface area contributed by atoms with Crippen LogP contribution in [0.5, 0.6) is 0 Å². The first-order chi connectivity index (χ1) is 11.0. The summed E-state index contributed by atoms with van der Waals surface area (Å²) in [5.41, 5.74) is 0.905. The van der Waals surface area contributed by atoms with Gasteiger partial charge in [0.1, 0.15) is 5.69 Å². The van der Waals surface area contributed by atoms with E-state index in [1.807, 2.05) is 0 Å². The number of rotatable bonds is 3. The molecule has 2 rings (SSSR count). The van der Waals surface area contributed by atoms with Crippen LogP contribution in [-0.2, 0) is 6.18 Å². The fraction of sp³-hybridized carbons (Fsp3) is 0.294. The lowest BCUT2D eigenvalue weighted by atomic mass is 10.1. The Balaban J connectivity index is 2.35. The number of aromatic amines is 1. The van der Waals surface area contributed by atoms with Crippen molar-refractivity contribution in [2.75, 3.05) is 5.32 Å². The molecule has 0 spiro atoms. The third-order valence-corrected chi connectivity index (χ3v) is 3.82. The van der Waals surface area contributed by atoms with Crippen LogP contribution in [0.3, 0.4) is 0 Å². The maximum Gasteiger partial charge on any atom is 0.416 e. The Morgan fingerprint density at radius 3 is 2.25 bits per heavy atom. The number of anilines is 1. The Morgan fingerprint density at radius 1 is 1.12 bits per heavy atom. The van der Waals surface area contributed by atoms with E-state index < -0.39 is 17.6 Å². The molecular weight excluding hydrogens is 321 g/mol. The van der Waals surface area contributed by atoms with Crippen LogP contribution in [0.1, 0.15) is 50.2 Å². The topological polar surface area (TPSA) is 62.0 Å². The number of amides is 1. The summed E-state index contributed by atoms with van der Waals surface area (Å²) in [7, 11) is 0. The number of nitrogens with one attached hydrogen (secondary N) is 2. The summed E-state index contributed by atoms with van der Waals surface area (Å²) in [4.78, 5) is 26.7. The quantitative estimate of drug-likeness (QED) is 0.814.